The zero-order chi connectivity index (χ0) is 12.3. The van der Waals surface area contributed by atoms with Gasteiger partial charge in [0.25, 0.3) is 0 Å². The number of hydrogen-bond acceptors (Lipinski definition) is 3. The van der Waals surface area contributed by atoms with Gasteiger partial charge in [-0.3, -0.25) is 4.79 Å². The van der Waals surface area contributed by atoms with E-state index >= 15 is 0 Å². The normalized spacial score (nSPS) is 15.1. The molecule has 0 unspecified atom stereocenters. The van der Waals surface area contributed by atoms with Gasteiger partial charge in [0.05, 0.1) is 13.0 Å². The fraction of sp³-hybridized carbons (Fsp3) is 0.385. The maximum absolute atomic E-state index is 11.4. The molecule has 1 amide bonds. The Labute approximate surface area is 101 Å². The molecular formula is C13H16N2O2. The molecule has 17 heavy (non-hydrogen) atoms. The van der Waals surface area contributed by atoms with Gasteiger partial charge in [-0.15, -0.1) is 0 Å². The highest BCUT2D eigenvalue weighted by molar-refractivity contribution is 6.03. The second-order valence-corrected chi connectivity index (χ2v) is 4.19. The van der Waals surface area contributed by atoms with Gasteiger partial charge in [-0.1, -0.05) is 17.7 Å². The molecule has 0 aromatic heterocycles. The Balaban J connectivity index is 1.80. The predicted octanol–water partition coefficient (Wildman–Crippen LogP) is 1.98. The molecule has 90 valence electrons. The van der Waals surface area contributed by atoms with Gasteiger partial charge in [0.2, 0.25) is 5.91 Å². The van der Waals surface area contributed by atoms with Crippen molar-refractivity contribution in [1.29, 1.82) is 0 Å². The van der Waals surface area contributed by atoms with Gasteiger partial charge in [0.1, 0.15) is 12.4 Å². The largest absolute Gasteiger partial charge is 0.492 e. The molecular weight excluding hydrogens is 216 g/mol. The quantitative estimate of drug-likeness (QED) is 0.796. The summed E-state index contributed by atoms with van der Waals surface area (Å²) in [4.78, 5) is 11.4. The average Bonchev–Trinajstić information content (AvgIpc) is 2.60. The Hall–Kier alpha value is -1.84. The molecule has 4 nitrogen and oxygen atoms in total. The third-order valence-corrected chi connectivity index (χ3v) is 2.58. The van der Waals surface area contributed by atoms with E-state index in [1.165, 1.54) is 10.6 Å². The average molecular weight is 232 g/mol. The number of aryl methyl sites for hydroxylation is 1. The lowest BCUT2D eigenvalue weighted by Crippen LogP contribution is -2.26. The van der Waals surface area contributed by atoms with Crippen molar-refractivity contribution in [3.8, 4) is 5.75 Å². The Bertz CT molecular complexity index is 437. The molecule has 0 aliphatic carbocycles. The lowest BCUT2D eigenvalue weighted by molar-refractivity contribution is -0.128. The summed E-state index contributed by atoms with van der Waals surface area (Å²) in [7, 11) is 0. The van der Waals surface area contributed by atoms with E-state index in [0.29, 0.717) is 19.6 Å². The molecule has 2 rings (SSSR count). The molecule has 1 aromatic rings. The molecule has 0 radical (unpaired) electrons. The lowest BCUT2D eigenvalue weighted by Gasteiger charge is -2.12. The van der Waals surface area contributed by atoms with E-state index in [1.54, 1.807) is 0 Å². The summed E-state index contributed by atoms with van der Waals surface area (Å²) in [5.74, 6) is 0.873. The SMILES string of the molecule is CC1=NN(CCOc2ccc(C)cc2)C(=O)C1. The van der Waals surface area contributed by atoms with E-state index in [0.717, 1.165) is 11.5 Å². The van der Waals surface area contributed by atoms with Crippen LogP contribution in [0.4, 0.5) is 0 Å². The highest BCUT2D eigenvalue weighted by atomic mass is 16.5. The van der Waals surface area contributed by atoms with Crippen molar-refractivity contribution in [3.63, 3.8) is 0 Å². The molecule has 0 saturated carbocycles. The topological polar surface area (TPSA) is 41.9 Å². The van der Waals surface area contributed by atoms with E-state index in [9.17, 15) is 4.79 Å². The van der Waals surface area contributed by atoms with Gasteiger partial charge in [-0.2, -0.15) is 5.10 Å². The summed E-state index contributed by atoms with van der Waals surface area (Å²) in [5.41, 5.74) is 2.07. The Kier molecular flexibility index (Phi) is 3.42. The van der Waals surface area contributed by atoms with Gasteiger partial charge in [-0.25, -0.2) is 5.01 Å². The van der Waals surface area contributed by atoms with Crippen LogP contribution in [0.25, 0.3) is 0 Å². The number of hydrogen-bond donors (Lipinski definition) is 0. The minimum atomic E-state index is 0.0509. The maximum Gasteiger partial charge on any atom is 0.248 e. The summed E-state index contributed by atoms with van der Waals surface area (Å²) in [6.45, 7) is 4.86. The zero-order valence-corrected chi connectivity index (χ0v) is 10.1. The van der Waals surface area contributed by atoms with Crippen molar-refractivity contribution in [2.24, 2.45) is 5.10 Å². The van der Waals surface area contributed by atoms with Crippen LogP contribution in [0.15, 0.2) is 29.4 Å². The van der Waals surface area contributed by atoms with Crippen LogP contribution in [0.1, 0.15) is 18.9 Å². The molecule has 0 N–H and O–H groups in total. The summed E-state index contributed by atoms with van der Waals surface area (Å²) in [6.07, 6.45) is 0.435. The van der Waals surface area contributed by atoms with Crippen LogP contribution < -0.4 is 4.74 Å². The number of ether oxygens (including phenoxy) is 1. The van der Waals surface area contributed by atoms with E-state index in [2.05, 4.69) is 5.10 Å². The van der Waals surface area contributed by atoms with Gasteiger partial charge in [0, 0.05) is 5.71 Å². The molecule has 1 aliphatic heterocycles. The van der Waals surface area contributed by atoms with Crippen LogP contribution in [0.2, 0.25) is 0 Å². The van der Waals surface area contributed by atoms with Crippen LogP contribution in [0.5, 0.6) is 5.75 Å². The molecule has 1 aromatic carbocycles. The van der Waals surface area contributed by atoms with Crippen molar-refractivity contribution in [2.45, 2.75) is 20.3 Å². The summed E-state index contributed by atoms with van der Waals surface area (Å²) >= 11 is 0. The number of hydrazone groups is 1. The Morgan fingerprint density at radius 3 is 2.59 bits per heavy atom. The lowest BCUT2D eigenvalue weighted by atomic mass is 10.2. The van der Waals surface area contributed by atoms with Crippen molar-refractivity contribution in [3.05, 3.63) is 29.8 Å². The summed E-state index contributed by atoms with van der Waals surface area (Å²) < 4.78 is 5.54. The molecule has 0 bridgehead atoms. The van der Waals surface area contributed by atoms with Gasteiger partial charge >= 0.3 is 0 Å². The van der Waals surface area contributed by atoms with Crippen LogP contribution >= 0.6 is 0 Å². The smallest absolute Gasteiger partial charge is 0.248 e. The summed E-state index contributed by atoms with van der Waals surface area (Å²) in [6, 6.07) is 7.85. The van der Waals surface area contributed by atoms with Gasteiger partial charge in [-0.05, 0) is 26.0 Å². The van der Waals surface area contributed by atoms with Crippen molar-refractivity contribution < 1.29 is 9.53 Å². The number of carbonyl (C=O) groups excluding carboxylic acids is 1. The molecule has 0 atom stereocenters. The predicted molar refractivity (Wildman–Crippen MR) is 66.1 cm³/mol. The molecule has 1 aliphatic rings. The molecule has 4 heteroatoms. The van der Waals surface area contributed by atoms with Crippen LogP contribution in [0.3, 0.4) is 0 Å². The number of amides is 1. The second-order valence-electron chi connectivity index (χ2n) is 4.19. The minimum Gasteiger partial charge on any atom is -0.492 e. The Morgan fingerprint density at radius 1 is 1.29 bits per heavy atom. The standard InChI is InChI=1S/C13H16N2O2/c1-10-3-5-12(6-4-10)17-8-7-15-13(16)9-11(2)14-15/h3-6H,7-9H2,1-2H3. The number of nitrogens with zero attached hydrogens (tertiary/aromatic N) is 2. The summed E-state index contributed by atoms with van der Waals surface area (Å²) in [5, 5.41) is 5.61. The van der Waals surface area contributed by atoms with E-state index in [-0.39, 0.29) is 5.91 Å². The monoisotopic (exact) mass is 232 g/mol. The van der Waals surface area contributed by atoms with E-state index in [1.807, 2.05) is 38.1 Å². The Morgan fingerprint density at radius 2 is 2.00 bits per heavy atom. The fourth-order valence-electron chi connectivity index (χ4n) is 1.67. The molecule has 0 saturated heterocycles. The van der Waals surface area contributed by atoms with Gasteiger partial charge in [0.15, 0.2) is 0 Å². The number of rotatable bonds is 4. The fourth-order valence-corrected chi connectivity index (χ4v) is 1.67. The van der Waals surface area contributed by atoms with Crippen molar-refractivity contribution in [2.75, 3.05) is 13.2 Å². The van der Waals surface area contributed by atoms with Crippen LogP contribution in [0, 0.1) is 6.92 Å². The third kappa shape index (κ3) is 3.06. The first-order valence-electron chi connectivity index (χ1n) is 5.69. The van der Waals surface area contributed by atoms with Crippen LogP contribution in [-0.4, -0.2) is 29.8 Å². The van der Waals surface area contributed by atoms with Gasteiger partial charge < -0.3 is 4.74 Å². The first-order valence-corrected chi connectivity index (χ1v) is 5.69. The first-order chi connectivity index (χ1) is 8.15. The highest BCUT2D eigenvalue weighted by Crippen LogP contribution is 2.12. The first kappa shape index (κ1) is 11.6. The molecule has 0 fully saturated rings. The number of benzene rings is 1. The van der Waals surface area contributed by atoms with E-state index < -0.39 is 0 Å². The van der Waals surface area contributed by atoms with Crippen molar-refractivity contribution >= 4 is 11.6 Å². The molecule has 1 heterocycles. The minimum absolute atomic E-state index is 0.0509. The van der Waals surface area contributed by atoms with Crippen LogP contribution in [-0.2, 0) is 4.79 Å². The molecule has 0 spiro atoms. The van der Waals surface area contributed by atoms with E-state index in [4.69, 9.17) is 4.74 Å². The highest BCUT2D eigenvalue weighted by Gasteiger charge is 2.20. The maximum atomic E-state index is 11.4. The van der Waals surface area contributed by atoms with Crippen molar-refractivity contribution in [1.82, 2.24) is 5.01 Å². The second kappa shape index (κ2) is 4.99. The third-order valence-electron chi connectivity index (χ3n) is 2.58. The number of carbonyl (C=O) groups is 1. The zero-order valence-electron chi connectivity index (χ0n) is 10.1.